The molecule has 0 radical (unpaired) electrons. The van der Waals surface area contributed by atoms with Gasteiger partial charge in [-0.1, -0.05) is 13.3 Å². The van der Waals surface area contributed by atoms with Crippen LogP contribution in [0.25, 0.3) is 0 Å². The summed E-state index contributed by atoms with van der Waals surface area (Å²) in [5, 5.41) is 6.41. The van der Waals surface area contributed by atoms with Gasteiger partial charge in [-0.05, 0) is 26.7 Å². The highest BCUT2D eigenvalue weighted by atomic mass is 19.3. The number of rotatable bonds is 8. The van der Waals surface area contributed by atoms with Gasteiger partial charge in [0, 0.05) is 50.7 Å². The van der Waals surface area contributed by atoms with Crippen LogP contribution >= 0.6 is 0 Å². The van der Waals surface area contributed by atoms with E-state index in [1.165, 1.54) is 0 Å². The molecule has 3 atom stereocenters. The number of aromatic nitrogens is 2. The Morgan fingerprint density at radius 3 is 2.78 bits per heavy atom. The molecule has 32 heavy (non-hydrogen) atoms. The van der Waals surface area contributed by atoms with Crippen LogP contribution in [0, 0.1) is 0 Å². The Morgan fingerprint density at radius 1 is 1.34 bits per heavy atom. The molecule has 1 aromatic rings. The van der Waals surface area contributed by atoms with Crippen molar-refractivity contribution in [1.82, 2.24) is 20.2 Å². The van der Waals surface area contributed by atoms with Crippen LogP contribution in [-0.2, 0) is 21.9 Å². The van der Waals surface area contributed by atoms with Gasteiger partial charge in [0.2, 0.25) is 11.9 Å². The number of ether oxygens (including phenoxy) is 1. The molecule has 1 aromatic heterocycles. The Balaban J connectivity index is 1.44. The van der Waals surface area contributed by atoms with Crippen LogP contribution in [0.5, 0.6) is 0 Å². The molecule has 2 saturated heterocycles. The molecule has 2 aliphatic heterocycles. The van der Waals surface area contributed by atoms with Crippen molar-refractivity contribution in [3.8, 4) is 0 Å². The highest BCUT2D eigenvalue weighted by Crippen LogP contribution is 2.45. The molecule has 3 aliphatic rings. The largest absolute Gasteiger partial charge is 0.364 e. The standard InChI is InChI=1S/C22H34F2N6O2/c1-4-5-14(2)26-21-27-19-16(6-7-22(19,23)24)20(28-21)30-12-17(15(30)3)32-13-18(31)29-10-8-25-9-11-29/h14-15,17,25H,4-13H2,1-3H3,(H,26,27,28)/t14-,15-,17?/m0/s1. The predicted octanol–water partition coefficient (Wildman–Crippen LogP) is 2.14. The molecule has 0 bridgehead atoms. The lowest BCUT2D eigenvalue weighted by Crippen LogP contribution is -2.61. The first-order valence-electron chi connectivity index (χ1n) is 11.7. The first-order chi connectivity index (χ1) is 15.3. The number of fused-ring (bicyclic) bond motifs is 1. The summed E-state index contributed by atoms with van der Waals surface area (Å²) in [5.41, 5.74) is 0.380. The van der Waals surface area contributed by atoms with E-state index in [-0.39, 0.29) is 55.2 Å². The smallest absolute Gasteiger partial charge is 0.290 e. The van der Waals surface area contributed by atoms with Crippen LogP contribution in [0.2, 0.25) is 0 Å². The minimum atomic E-state index is -2.93. The Kier molecular flexibility index (Phi) is 6.80. The van der Waals surface area contributed by atoms with Gasteiger partial charge in [-0.3, -0.25) is 4.79 Å². The third kappa shape index (κ3) is 4.66. The van der Waals surface area contributed by atoms with E-state index >= 15 is 0 Å². The zero-order valence-electron chi connectivity index (χ0n) is 19.2. The van der Waals surface area contributed by atoms with Gasteiger partial charge in [-0.2, -0.15) is 13.8 Å². The van der Waals surface area contributed by atoms with E-state index in [9.17, 15) is 13.6 Å². The topological polar surface area (TPSA) is 82.6 Å². The van der Waals surface area contributed by atoms with Gasteiger partial charge in [0.05, 0.1) is 12.1 Å². The minimum Gasteiger partial charge on any atom is -0.364 e. The van der Waals surface area contributed by atoms with Crippen molar-refractivity contribution in [3.63, 3.8) is 0 Å². The molecule has 4 rings (SSSR count). The Labute approximate surface area is 188 Å². The van der Waals surface area contributed by atoms with E-state index in [1.807, 2.05) is 23.6 Å². The highest BCUT2D eigenvalue weighted by molar-refractivity contribution is 5.77. The first-order valence-corrected chi connectivity index (χ1v) is 11.7. The summed E-state index contributed by atoms with van der Waals surface area (Å²) < 4.78 is 34.9. The van der Waals surface area contributed by atoms with E-state index in [1.54, 1.807) is 0 Å². The fraction of sp³-hybridized carbons (Fsp3) is 0.773. The number of alkyl halides is 2. The molecule has 0 aromatic carbocycles. The van der Waals surface area contributed by atoms with Crippen LogP contribution in [0.1, 0.15) is 51.3 Å². The monoisotopic (exact) mass is 452 g/mol. The number of halogens is 2. The highest BCUT2D eigenvalue weighted by Gasteiger charge is 2.46. The minimum absolute atomic E-state index is 0.00359. The van der Waals surface area contributed by atoms with Gasteiger partial charge in [-0.25, -0.2) is 4.98 Å². The van der Waals surface area contributed by atoms with Crippen LogP contribution in [0.4, 0.5) is 20.5 Å². The molecule has 2 N–H and O–H groups in total. The molecule has 8 nitrogen and oxygen atoms in total. The Morgan fingerprint density at radius 2 is 2.09 bits per heavy atom. The van der Waals surface area contributed by atoms with Crippen molar-refractivity contribution >= 4 is 17.7 Å². The molecule has 1 amide bonds. The lowest BCUT2D eigenvalue weighted by atomic mass is 10.00. The second kappa shape index (κ2) is 9.43. The summed E-state index contributed by atoms with van der Waals surface area (Å²) in [6.45, 7) is 9.63. The summed E-state index contributed by atoms with van der Waals surface area (Å²) >= 11 is 0. The number of carbonyl (C=O) groups is 1. The number of nitrogens with zero attached hydrogens (tertiary/aromatic N) is 4. The van der Waals surface area contributed by atoms with Crippen LogP contribution in [0.15, 0.2) is 0 Å². The SMILES string of the molecule is CCC[C@H](C)Nc1nc(N2CC(OCC(=O)N3CCNCC3)[C@@H]2C)c2c(n1)C(F)(F)CC2. The summed E-state index contributed by atoms with van der Waals surface area (Å²) in [5.74, 6) is -2.11. The van der Waals surface area contributed by atoms with Gasteiger partial charge < -0.3 is 25.2 Å². The van der Waals surface area contributed by atoms with Crippen LogP contribution in [-0.4, -0.2) is 78.3 Å². The number of piperazine rings is 1. The van der Waals surface area contributed by atoms with Crippen molar-refractivity contribution in [2.24, 2.45) is 0 Å². The molecule has 10 heteroatoms. The van der Waals surface area contributed by atoms with Gasteiger partial charge in [0.1, 0.15) is 18.1 Å². The zero-order valence-corrected chi connectivity index (χ0v) is 19.2. The number of hydrogen-bond donors (Lipinski definition) is 2. The van der Waals surface area contributed by atoms with Crippen molar-refractivity contribution < 1.29 is 18.3 Å². The molecule has 0 saturated carbocycles. The maximum atomic E-state index is 14.5. The fourth-order valence-corrected chi connectivity index (χ4v) is 4.66. The number of amides is 1. The Bertz CT molecular complexity index is 833. The number of carbonyl (C=O) groups excluding carboxylic acids is 1. The van der Waals surface area contributed by atoms with Gasteiger partial charge in [-0.15, -0.1) is 0 Å². The molecule has 3 heterocycles. The lowest BCUT2D eigenvalue weighted by Gasteiger charge is -2.47. The normalized spacial score (nSPS) is 25.3. The predicted molar refractivity (Wildman–Crippen MR) is 118 cm³/mol. The van der Waals surface area contributed by atoms with E-state index < -0.39 is 5.92 Å². The molecular weight excluding hydrogens is 418 g/mol. The molecular formula is C22H34F2N6O2. The van der Waals surface area contributed by atoms with Crippen LogP contribution < -0.4 is 15.5 Å². The molecule has 1 aliphatic carbocycles. The van der Waals surface area contributed by atoms with E-state index in [2.05, 4.69) is 27.5 Å². The summed E-state index contributed by atoms with van der Waals surface area (Å²) in [6.07, 6.45) is 1.78. The van der Waals surface area contributed by atoms with Gasteiger partial charge in [0.25, 0.3) is 5.92 Å². The fourth-order valence-electron chi connectivity index (χ4n) is 4.66. The second-order valence-corrected chi connectivity index (χ2v) is 9.11. The maximum Gasteiger partial charge on any atom is 0.290 e. The number of hydrogen-bond acceptors (Lipinski definition) is 7. The lowest BCUT2D eigenvalue weighted by molar-refractivity contribution is -0.140. The van der Waals surface area contributed by atoms with E-state index in [0.717, 1.165) is 25.9 Å². The van der Waals surface area contributed by atoms with Crippen molar-refractivity contribution in [3.05, 3.63) is 11.3 Å². The summed E-state index contributed by atoms with van der Waals surface area (Å²) in [4.78, 5) is 25.0. The molecule has 2 fully saturated rings. The third-order valence-electron chi connectivity index (χ3n) is 6.69. The number of nitrogens with one attached hydrogen (secondary N) is 2. The van der Waals surface area contributed by atoms with Crippen molar-refractivity contribution in [2.75, 3.05) is 49.5 Å². The molecule has 1 unspecified atom stereocenters. The van der Waals surface area contributed by atoms with E-state index in [4.69, 9.17) is 4.74 Å². The van der Waals surface area contributed by atoms with E-state index in [0.29, 0.717) is 31.0 Å². The molecule has 178 valence electrons. The average molecular weight is 453 g/mol. The maximum absolute atomic E-state index is 14.5. The van der Waals surface area contributed by atoms with Gasteiger partial charge >= 0.3 is 0 Å². The second-order valence-electron chi connectivity index (χ2n) is 9.11. The van der Waals surface area contributed by atoms with Crippen molar-refractivity contribution in [1.29, 1.82) is 0 Å². The third-order valence-corrected chi connectivity index (χ3v) is 6.69. The zero-order chi connectivity index (χ0) is 22.9. The molecule has 0 spiro atoms. The van der Waals surface area contributed by atoms with Gasteiger partial charge in [0.15, 0.2) is 0 Å². The summed E-state index contributed by atoms with van der Waals surface area (Å²) in [7, 11) is 0. The first kappa shape index (κ1) is 23.1. The van der Waals surface area contributed by atoms with Crippen LogP contribution in [0.3, 0.4) is 0 Å². The quantitative estimate of drug-likeness (QED) is 0.625. The summed E-state index contributed by atoms with van der Waals surface area (Å²) in [6, 6.07) is 0.0433. The number of anilines is 2. The average Bonchev–Trinajstić information content (AvgIpc) is 3.07. The van der Waals surface area contributed by atoms with Crippen molar-refractivity contribution in [2.45, 2.75) is 70.6 Å². The Hall–Kier alpha value is -2.07.